The van der Waals surface area contributed by atoms with E-state index in [9.17, 15) is 18.8 Å². The Morgan fingerprint density at radius 2 is 1.88 bits per heavy atom. The van der Waals surface area contributed by atoms with Gasteiger partial charge in [-0.2, -0.15) is 5.26 Å². The number of nitriles is 1. The van der Waals surface area contributed by atoms with Crippen LogP contribution in [-0.2, 0) is 14.3 Å². The van der Waals surface area contributed by atoms with Crippen molar-refractivity contribution in [1.82, 2.24) is 0 Å². The average Bonchev–Trinajstić information content (AvgIpc) is 2.91. The van der Waals surface area contributed by atoms with E-state index in [2.05, 4.69) is 0 Å². The largest absolute Gasteiger partial charge is 0.457 e. The molecule has 2 aromatic carbocycles. The Morgan fingerprint density at radius 3 is 2.45 bits per heavy atom. The topological polar surface area (TPSA) is 99.9 Å². The number of esters is 1. The summed E-state index contributed by atoms with van der Waals surface area (Å²) in [6, 6.07) is 8.92. The van der Waals surface area contributed by atoms with Crippen LogP contribution >= 0.6 is 11.6 Å². The second-order valence-corrected chi connectivity index (χ2v) is 8.34. The van der Waals surface area contributed by atoms with Gasteiger partial charge < -0.3 is 9.47 Å². The number of carbonyl (C=O) groups excluding carboxylic acids is 3. The molecular weight excluding hydrogens is 453 g/mol. The molecule has 0 aliphatic carbocycles. The number of hydrogen-bond acceptors (Lipinski definition) is 6. The zero-order chi connectivity index (χ0) is 24.5. The summed E-state index contributed by atoms with van der Waals surface area (Å²) in [5, 5.41) is 9.14. The molecule has 1 aliphatic rings. The van der Waals surface area contributed by atoms with Gasteiger partial charge in [-0.05, 0) is 57.2 Å². The van der Waals surface area contributed by atoms with Gasteiger partial charge in [-0.25, -0.2) is 18.9 Å². The van der Waals surface area contributed by atoms with Crippen LogP contribution in [0, 0.1) is 17.1 Å². The molecule has 0 spiro atoms. The summed E-state index contributed by atoms with van der Waals surface area (Å²) in [6.45, 7) is 4.80. The van der Waals surface area contributed by atoms with Gasteiger partial charge in [0.15, 0.2) is 0 Å². The van der Waals surface area contributed by atoms with Crippen molar-refractivity contribution in [3.8, 4) is 6.07 Å². The summed E-state index contributed by atoms with van der Waals surface area (Å²) in [5.41, 5.74) is -1.22. The molecule has 1 aliphatic heterocycles. The van der Waals surface area contributed by atoms with Crippen molar-refractivity contribution in [2.75, 3.05) is 23.5 Å². The maximum Gasteiger partial charge on any atom is 0.341 e. The number of nitrogens with zero attached hydrogens (tertiary/aromatic N) is 3. The Bertz CT molecular complexity index is 1180. The molecule has 0 N–H and O–H groups in total. The molecule has 3 rings (SSSR count). The van der Waals surface area contributed by atoms with Gasteiger partial charge in [0.25, 0.3) is 5.91 Å². The molecule has 1 saturated heterocycles. The number of carbonyl (C=O) groups is 3. The first kappa shape index (κ1) is 24.2. The number of methoxy groups -OCH3 is 1. The van der Waals surface area contributed by atoms with Crippen LogP contribution in [0.4, 0.5) is 20.6 Å². The second-order valence-electron chi connectivity index (χ2n) is 7.93. The summed E-state index contributed by atoms with van der Waals surface area (Å²) < 4.78 is 24.8. The second kappa shape index (κ2) is 9.17. The molecule has 1 atom stereocenters. The van der Waals surface area contributed by atoms with Crippen LogP contribution in [0.25, 0.3) is 0 Å². The SMILES string of the molecule is COC[C@@H](C)OC(=O)c1ccc(N2C(=O)N(c3ccc(C#N)c(Cl)c3)C(=O)C2(C)C)cc1F. The van der Waals surface area contributed by atoms with Crippen molar-refractivity contribution < 1.29 is 28.2 Å². The first-order chi connectivity index (χ1) is 15.5. The number of anilines is 2. The van der Waals surface area contributed by atoms with Gasteiger partial charge >= 0.3 is 12.0 Å². The van der Waals surface area contributed by atoms with E-state index < -0.39 is 35.4 Å². The van der Waals surface area contributed by atoms with Crippen molar-refractivity contribution in [2.45, 2.75) is 32.4 Å². The molecule has 0 aromatic heterocycles. The number of benzene rings is 2. The zero-order valence-electron chi connectivity index (χ0n) is 18.4. The van der Waals surface area contributed by atoms with Crippen LogP contribution < -0.4 is 9.80 Å². The number of amides is 3. The molecule has 10 heteroatoms. The molecule has 3 amide bonds. The van der Waals surface area contributed by atoms with Gasteiger partial charge in [0.1, 0.15) is 23.5 Å². The molecule has 2 aromatic rings. The number of ether oxygens (including phenoxy) is 2. The van der Waals surface area contributed by atoms with Crippen molar-refractivity contribution >= 4 is 40.9 Å². The highest BCUT2D eigenvalue weighted by molar-refractivity contribution is 6.33. The molecule has 1 heterocycles. The van der Waals surface area contributed by atoms with Crippen LogP contribution in [-0.4, -0.2) is 43.3 Å². The Labute approximate surface area is 195 Å². The first-order valence-corrected chi connectivity index (χ1v) is 10.3. The van der Waals surface area contributed by atoms with Crippen molar-refractivity contribution in [1.29, 1.82) is 5.26 Å². The van der Waals surface area contributed by atoms with Gasteiger partial charge in [0, 0.05) is 12.8 Å². The maximum atomic E-state index is 14.8. The molecule has 0 saturated carbocycles. The van der Waals surface area contributed by atoms with Gasteiger partial charge in [0.05, 0.1) is 28.4 Å². The summed E-state index contributed by atoms with van der Waals surface area (Å²) in [5.74, 6) is -2.34. The molecule has 0 radical (unpaired) electrons. The van der Waals surface area contributed by atoms with Gasteiger partial charge in [-0.3, -0.25) is 9.69 Å². The smallest absolute Gasteiger partial charge is 0.341 e. The fourth-order valence-corrected chi connectivity index (χ4v) is 3.73. The third-order valence-corrected chi connectivity index (χ3v) is 5.45. The van der Waals surface area contributed by atoms with Crippen molar-refractivity contribution in [2.24, 2.45) is 0 Å². The molecule has 0 bridgehead atoms. The van der Waals surface area contributed by atoms with E-state index in [0.717, 1.165) is 15.9 Å². The van der Waals surface area contributed by atoms with Crippen LogP contribution in [0.5, 0.6) is 0 Å². The van der Waals surface area contributed by atoms with E-state index in [1.807, 2.05) is 6.07 Å². The van der Waals surface area contributed by atoms with E-state index in [4.69, 9.17) is 26.3 Å². The molecular formula is C23H21ClFN3O5. The fraction of sp³-hybridized carbons (Fsp3) is 0.304. The van der Waals surface area contributed by atoms with Crippen LogP contribution in [0.2, 0.25) is 5.02 Å². The number of hydrogen-bond donors (Lipinski definition) is 0. The highest BCUT2D eigenvalue weighted by Crippen LogP contribution is 2.37. The van der Waals surface area contributed by atoms with Gasteiger partial charge in [-0.15, -0.1) is 0 Å². The summed E-state index contributed by atoms with van der Waals surface area (Å²) in [4.78, 5) is 40.6. The Balaban J connectivity index is 1.94. The molecule has 172 valence electrons. The normalized spacial score (nSPS) is 16.0. The third-order valence-electron chi connectivity index (χ3n) is 5.14. The molecule has 1 fully saturated rings. The fourth-order valence-electron chi connectivity index (χ4n) is 3.51. The van der Waals surface area contributed by atoms with E-state index in [0.29, 0.717) is 0 Å². The summed E-state index contributed by atoms with van der Waals surface area (Å²) in [7, 11) is 1.45. The lowest BCUT2D eigenvalue weighted by atomic mass is 10.0. The lowest BCUT2D eigenvalue weighted by molar-refractivity contribution is -0.120. The molecule has 0 unspecified atom stereocenters. The average molecular weight is 474 g/mol. The summed E-state index contributed by atoms with van der Waals surface area (Å²) >= 11 is 6.06. The highest BCUT2D eigenvalue weighted by atomic mass is 35.5. The van der Waals surface area contributed by atoms with Crippen molar-refractivity contribution in [3.63, 3.8) is 0 Å². The van der Waals surface area contributed by atoms with Gasteiger partial charge in [0.2, 0.25) is 0 Å². The van der Waals surface area contributed by atoms with Crippen LogP contribution in [0.1, 0.15) is 36.7 Å². The molecule has 33 heavy (non-hydrogen) atoms. The summed E-state index contributed by atoms with van der Waals surface area (Å²) in [6.07, 6.45) is -0.578. The van der Waals surface area contributed by atoms with E-state index in [1.54, 1.807) is 6.92 Å². The Morgan fingerprint density at radius 1 is 1.21 bits per heavy atom. The predicted molar refractivity (Wildman–Crippen MR) is 119 cm³/mol. The number of rotatable bonds is 6. The van der Waals surface area contributed by atoms with Crippen molar-refractivity contribution in [3.05, 3.63) is 58.4 Å². The minimum absolute atomic E-state index is 0.0829. The maximum absolute atomic E-state index is 14.8. The van der Waals surface area contributed by atoms with E-state index in [1.165, 1.54) is 51.3 Å². The van der Waals surface area contributed by atoms with Crippen LogP contribution in [0.15, 0.2) is 36.4 Å². The lowest BCUT2D eigenvalue weighted by Crippen LogP contribution is -2.44. The number of imide groups is 1. The Kier molecular flexibility index (Phi) is 6.72. The first-order valence-electron chi connectivity index (χ1n) is 9.90. The van der Waals surface area contributed by atoms with E-state index in [-0.39, 0.29) is 34.1 Å². The third kappa shape index (κ3) is 4.40. The quantitative estimate of drug-likeness (QED) is 0.458. The van der Waals surface area contributed by atoms with E-state index >= 15 is 0 Å². The minimum atomic E-state index is -1.36. The Hall–Kier alpha value is -3.48. The molecule has 8 nitrogen and oxygen atoms in total. The number of urea groups is 1. The minimum Gasteiger partial charge on any atom is -0.457 e. The lowest BCUT2D eigenvalue weighted by Gasteiger charge is -2.28. The van der Waals surface area contributed by atoms with Crippen LogP contribution in [0.3, 0.4) is 0 Å². The predicted octanol–water partition coefficient (Wildman–Crippen LogP) is 4.29. The standard InChI is InChI=1S/C23H21ClFN3O5/c1-13(12-32-4)33-20(29)17-8-7-16(10-19(17)25)28-22(31)27(21(30)23(28,2)3)15-6-5-14(11-26)18(24)9-15/h5-10,13H,12H2,1-4H3/t13-/m1/s1. The number of halogens is 2. The monoisotopic (exact) mass is 473 g/mol. The van der Waals surface area contributed by atoms with Gasteiger partial charge in [-0.1, -0.05) is 11.6 Å². The zero-order valence-corrected chi connectivity index (χ0v) is 19.1. The highest BCUT2D eigenvalue weighted by Gasteiger charge is 2.52.